The van der Waals surface area contributed by atoms with E-state index in [1.54, 1.807) is 0 Å². The summed E-state index contributed by atoms with van der Waals surface area (Å²) in [6.07, 6.45) is 1.01. The molecule has 1 saturated heterocycles. The van der Waals surface area contributed by atoms with Crippen LogP contribution in [0.2, 0.25) is 0 Å². The van der Waals surface area contributed by atoms with Crippen molar-refractivity contribution in [2.24, 2.45) is 11.7 Å². The number of hydrogen-bond acceptors (Lipinski definition) is 2. The van der Waals surface area contributed by atoms with Crippen molar-refractivity contribution in [1.29, 1.82) is 0 Å². The van der Waals surface area contributed by atoms with Gasteiger partial charge < -0.3 is 10.6 Å². The maximum absolute atomic E-state index is 12.3. The van der Waals surface area contributed by atoms with Gasteiger partial charge >= 0.3 is 0 Å². The molecule has 0 spiro atoms. The highest BCUT2D eigenvalue weighted by molar-refractivity contribution is 14.1. The molecule has 0 aromatic heterocycles. The van der Waals surface area contributed by atoms with Crippen molar-refractivity contribution < 1.29 is 4.79 Å². The van der Waals surface area contributed by atoms with Crippen LogP contribution >= 0.6 is 22.6 Å². The lowest BCUT2D eigenvalue weighted by Gasteiger charge is -2.34. The fraction of sp³-hybridized carbons (Fsp3) is 0.462. The van der Waals surface area contributed by atoms with E-state index in [9.17, 15) is 4.79 Å². The Kier molecular flexibility index (Phi) is 4.04. The fourth-order valence-corrected chi connectivity index (χ4v) is 2.91. The Bertz CT molecular complexity index is 412. The van der Waals surface area contributed by atoms with E-state index in [1.807, 2.05) is 29.2 Å². The Balaban J connectivity index is 2.14. The van der Waals surface area contributed by atoms with Crippen molar-refractivity contribution in [3.8, 4) is 0 Å². The van der Waals surface area contributed by atoms with Gasteiger partial charge in [0, 0.05) is 28.3 Å². The van der Waals surface area contributed by atoms with Crippen LogP contribution in [0.1, 0.15) is 23.7 Å². The van der Waals surface area contributed by atoms with Crippen molar-refractivity contribution in [3.05, 3.63) is 33.4 Å². The van der Waals surface area contributed by atoms with Gasteiger partial charge in [0.25, 0.3) is 5.91 Å². The molecule has 1 aliphatic rings. The number of carbonyl (C=O) groups excluding carboxylic acids is 1. The van der Waals surface area contributed by atoms with Gasteiger partial charge in [-0.15, -0.1) is 0 Å². The van der Waals surface area contributed by atoms with Crippen LogP contribution in [0, 0.1) is 9.49 Å². The Morgan fingerprint density at radius 3 is 2.88 bits per heavy atom. The van der Waals surface area contributed by atoms with Crippen LogP contribution in [-0.2, 0) is 0 Å². The van der Waals surface area contributed by atoms with Gasteiger partial charge in [-0.1, -0.05) is 13.0 Å². The molecule has 0 bridgehead atoms. The predicted octanol–water partition coefficient (Wildman–Crippen LogP) is 2.10. The summed E-state index contributed by atoms with van der Waals surface area (Å²) in [4.78, 5) is 14.2. The first-order valence-electron chi connectivity index (χ1n) is 5.86. The summed E-state index contributed by atoms with van der Waals surface area (Å²) in [6, 6.07) is 7.82. The molecule has 1 fully saturated rings. The molecule has 1 aromatic carbocycles. The summed E-state index contributed by atoms with van der Waals surface area (Å²) in [6.45, 7) is 3.64. The van der Waals surface area contributed by atoms with Crippen molar-refractivity contribution in [2.75, 3.05) is 13.1 Å². The highest BCUT2D eigenvalue weighted by Crippen LogP contribution is 2.18. The van der Waals surface area contributed by atoms with E-state index in [0.29, 0.717) is 12.5 Å². The highest BCUT2D eigenvalue weighted by Gasteiger charge is 2.26. The van der Waals surface area contributed by atoms with Crippen LogP contribution < -0.4 is 5.73 Å². The lowest BCUT2D eigenvalue weighted by atomic mass is 9.96. The highest BCUT2D eigenvalue weighted by atomic mass is 127. The lowest BCUT2D eigenvalue weighted by Crippen LogP contribution is -2.48. The molecular formula is C13H17IN2O. The summed E-state index contributed by atoms with van der Waals surface area (Å²) in [5.41, 5.74) is 6.73. The van der Waals surface area contributed by atoms with E-state index in [0.717, 1.165) is 22.1 Å². The molecule has 2 unspecified atom stereocenters. The van der Waals surface area contributed by atoms with Crippen molar-refractivity contribution in [1.82, 2.24) is 4.90 Å². The largest absolute Gasteiger partial charge is 0.337 e. The third kappa shape index (κ3) is 3.19. The normalized spacial score (nSPS) is 24.8. The van der Waals surface area contributed by atoms with Crippen molar-refractivity contribution >= 4 is 28.5 Å². The van der Waals surface area contributed by atoms with E-state index < -0.39 is 0 Å². The first-order chi connectivity index (χ1) is 8.06. The number of halogens is 1. The number of nitrogens with two attached hydrogens (primary N) is 1. The van der Waals surface area contributed by atoms with Gasteiger partial charge in [0.05, 0.1) is 0 Å². The summed E-state index contributed by atoms with van der Waals surface area (Å²) in [5.74, 6) is 0.594. The Hall–Kier alpha value is -0.620. The predicted molar refractivity (Wildman–Crippen MR) is 76.8 cm³/mol. The summed E-state index contributed by atoms with van der Waals surface area (Å²) < 4.78 is 1.09. The molecule has 3 nitrogen and oxygen atoms in total. The lowest BCUT2D eigenvalue weighted by molar-refractivity contribution is 0.0661. The minimum absolute atomic E-state index is 0.102. The summed E-state index contributed by atoms with van der Waals surface area (Å²) in [7, 11) is 0. The molecule has 17 heavy (non-hydrogen) atoms. The zero-order valence-corrected chi connectivity index (χ0v) is 12.1. The molecule has 1 aromatic rings. The van der Waals surface area contributed by atoms with E-state index in [2.05, 4.69) is 29.5 Å². The second-order valence-electron chi connectivity index (χ2n) is 4.82. The maximum Gasteiger partial charge on any atom is 0.253 e. The number of benzene rings is 1. The first kappa shape index (κ1) is 12.8. The third-order valence-electron chi connectivity index (χ3n) is 3.05. The molecule has 2 atom stereocenters. The van der Waals surface area contributed by atoms with E-state index in [-0.39, 0.29) is 11.9 Å². The van der Waals surface area contributed by atoms with Gasteiger partial charge in [-0.3, -0.25) is 4.79 Å². The fourth-order valence-electron chi connectivity index (χ4n) is 2.37. The molecule has 0 aliphatic carbocycles. The summed E-state index contributed by atoms with van der Waals surface area (Å²) >= 11 is 2.22. The monoisotopic (exact) mass is 344 g/mol. The van der Waals surface area contributed by atoms with E-state index in [1.165, 1.54) is 0 Å². The van der Waals surface area contributed by atoms with Crippen LogP contribution in [-0.4, -0.2) is 29.9 Å². The van der Waals surface area contributed by atoms with Crippen LogP contribution in [0.25, 0.3) is 0 Å². The molecule has 1 aliphatic heterocycles. The van der Waals surface area contributed by atoms with Crippen LogP contribution in [0.5, 0.6) is 0 Å². The number of rotatable bonds is 1. The van der Waals surface area contributed by atoms with Crippen molar-refractivity contribution in [2.45, 2.75) is 19.4 Å². The molecule has 2 rings (SSSR count). The van der Waals surface area contributed by atoms with E-state index >= 15 is 0 Å². The van der Waals surface area contributed by atoms with Gasteiger partial charge in [0.1, 0.15) is 0 Å². The zero-order valence-electron chi connectivity index (χ0n) is 9.90. The number of hydrogen-bond donors (Lipinski definition) is 1. The minimum atomic E-state index is 0.102. The maximum atomic E-state index is 12.3. The summed E-state index contributed by atoms with van der Waals surface area (Å²) in [5, 5.41) is 0. The molecular weight excluding hydrogens is 327 g/mol. The van der Waals surface area contributed by atoms with Gasteiger partial charge in [-0.05, 0) is 53.1 Å². The first-order valence-corrected chi connectivity index (χ1v) is 6.94. The number of amides is 1. The third-order valence-corrected chi connectivity index (χ3v) is 3.72. The Morgan fingerprint density at radius 1 is 1.47 bits per heavy atom. The quantitative estimate of drug-likeness (QED) is 0.793. The SMILES string of the molecule is CC1CC(N)CN(C(=O)c2cccc(I)c2)C1. The average Bonchev–Trinajstić information content (AvgIpc) is 2.26. The molecule has 0 saturated carbocycles. The standard InChI is InChI=1S/C13H17IN2O/c1-9-5-12(15)8-16(7-9)13(17)10-3-2-4-11(14)6-10/h2-4,6,9,12H,5,7-8,15H2,1H3. The zero-order chi connectivity index (χ0) is 12.4. The van der Waals surface area contributed by atoms with Crippen molar-refractivity contribution in [3.63, 3.8) is 0 Å². The van der Waals surface area contributed by atoms with Crippen LogP contribution in [0.15, 0.2) is 24.3 Å². The molecule has 1 amide bonds. The average molecular weight is 344 g/mol. The van der Waals surface area contributed by atoms with Gasteiger partial charge in [0.15, 0.2) is 0 Å². The number of piperidine rings is 1. The smallest absolute Gasteiger partial charge is 0.253 e. The molecule has 92 valence electrons. The van der Waals surface area contributed by atoms with E-state index in [4.69, 9.17) is 5.73 Å². The second-order valence-corrected chi connectivity index (χ2v) is 6.07. The molecule has 1 heterocycles. The van der Waals surface area contributed by atoms with Gasteiger partial charge in [0.2, 0.25) is 0 Å². The minimum Gasteiger partial charge on any atom is -0.337 e. The van der Waals surface area contributed by atoms with Gasteiger partial charge in [-0.2, -0.15) is 0 Å². The topological polar surface area (TPSA) is 46.3 Å². The molecule has 4 heteroatoms. The number of nitrogens with zero attached hydrogens (tertiary/aromatic N) is 1. The second kappa shape index (κ2) is 5.35. The van der Waals surface area contributed by atoms with Crippen LogP contribution in [0.3, 0.4) is 0 Å². The number of carbonyl (C=O) groups is 1. The molecule has 0 radical (unpaired) electrons. The Morgan fingerprint density at radius 2 is 2.24 bits per heavy atom. The number of likely N-dealkylation sites (tertiary alicyclic amines) is 1. The molecule has 2 N–H and O–H groups in total. The van der Waals surface area contributed by atoms with Gasteiger partial charge in [-0.25, -0.2) is 0 Å². The Labute approximate surface area is 116 Å². The van der Waals surface area contributed by atoms with Crippen LogP contribution in [0.4, 0.5) is 0 Å².